The van der Waals surface area contributed by atoms with Gasteiger partial charge in [-0.15, -0.1) is 10.2 Å². The molecule has 1 saturated heterocycles. The Balaban J connectivity index is 1.41. The Morgan fingerprint density at radius 2 is 1.83 bits per heavy atom. The van der Waals surface area contributed by atoms with Crippen molar-refractivity contribution in [1.29, 1.82) is 0 Å². The van der Waals surface area contributed by atoms with Gasteiger partial charge in [0.15, 0.2) is 0 Å². The van der Waals surface area contributed by atoms with Crippen LogP contribution in [0.15, 0.2) is 30.3 Å². The minimum Gasteiger partial charge on any atom is -0.299 e. The van der Waals surface area contributed by atoms with Gasteiger partial charge < -0.3 is 0 Å². The van der Waals surface area contributed by atoms with Gasteiger partial charge in [0.2, 0.25) is 11.0 Å². The van der Waals surface area contributed by atoms with Gasteiger partial charge in [0.1, 0.15) is 5.01 Å². The molecule has 6 nitrogen and oxygen atoms in total. The first-order valence-electron chi connectivity index (χ1n) is 8.34. The molecular weight excluding hydrogens is 322 g/mol. The van der Waals surface area contributed by atoms with Crippen molar-refractivity contribution in [3.05, 3.63) is 40.9 Å². The van der Waals surface area contributed by atoms with E-state index in [4.69, 9.17) is 0 Å². The van der Waals surface area contributed by atoms with E-state index in [1.54, 1.807) is 0 Å². The Morgan fingerprint density at radius 1 is 1.12 bits per heavy atom. The smallest absolute Gasteiger partial charge is 0.240 e. The first-order chi connectivity index (χ1) is 11.7. The largest absolute Gasteiger partial charge is 0.299 e. The van der Waals surface area contributed by atoms with Crippen molar-refractivity contribution in [2.45, 2.75) is 19.9 Å². The molecule has 24 heavy (non-hydrogen) atoms. The van der Waals surface area contributed by atoms with Gasteiger partial charge in [0, 0.05) is 32.7 Å². The van der Waals surface area contributed by atoms with E-state index in [-0.39, 0.29) is 5.91 Å². The molecule has 0 bridgehead atoms. The minimum atomic E-state index is -0.00897. The molecule has 0 unspecified atom stereocenters. The van der Waals surface area contributed by atoms with Crippen LogP contribution in [0.25, 0.3) is 0 Å². The van der Waals surface area contributed by atoms with Gasteiger partial charge in [0.25, 0.3) is 0 Å². The standard InChI is InChI=1S/C17H23N5OS/c1-2-16-19-20-17(24-16)18-15(23)13-22-10-8-21(9-11-22)12-14-6-4-3-5-7-14/h3-7H,2,8-13H2,1H3,(H,18,20,23). The molecule has 0 saturated carbocycles. The first kappa shape index (κ1) is 17.0. The van der Waals surface area contributed by atoms with E-state index >= 15 is 0 Å². The third-order valence-corrected chi connectivity index (χ3v) is 5.08. The van der Waals surface area contributed by atoms with E-state index in [0.29, 0.717) is 11.7 Å². The second kappa shape index (κ2) is 8.32. The first-order valence-corrected chi connectivity index (χ1v) is 9.15. The fourth-order valence-corrected chi connectivity index (χ4v) is 3.45. The fraction of sp³-hybridized carbons (Fsp3) is 0.471. The zero-order chi connectivity index (χ0) is 16.8. The highest BCUT2D eigenvalue weighted by Crippen LogP contribution is 2.15. The molecule has 1 aromatic heterocycles. The fourth-order valence-electron chi connectivity index (χ4n) is 2.76. The van der Waals surface area contributed by atoms with E-state index in [1.807, 2.05) is 13.0 Å². The lowest BCUT2D eigenvalue weighted by Gasteiger charge is -2.34. The summed E-state index contributed by atoms with van der Waals surface area (Å²) in [5.41, 5.74) is 1.34. The van der Waals surface area contributed by atoms with Crippen LogP contribution < -0.4 is 5.32 Å². The molecule has 2 aromatic rings. The van der Waals surface area contributed by atoms with Crippen LogP contribution in [-0.4, -0.2) is 58.6 Å². The molecule has 0 atom stereocenters. The quantitative estimate of drug-likeness (QED) is 0.866. The molecule has 3 rings (SSSR count). The number of hydrogen-bond donors (Lipinski definition) is 1. The van der Waals surface area contributed by atoms with Crippen LogP contribution in [0.1, 0.15) is 17.5 Å². The number of anilines is 1. The van der Waals surface area contributed by atoms with Crippen LogP contribution in [0.4, 0.5) is 5.13 Å². The van der Waals surface area contributed by atoms with E-state index in [0.717, 1.165) is 44.2 Å². The van der Waals surface area contributed by atoms with Gasteiger partial charge in [-0.3, -0.25) is 19.9 Å². The maximum Gasteiger partial charge on any atom is 0.240 e. The number of aryl methyl sites for hydroxylation is 1. The molecule has 7 heteroatoms. The molecule has 1 aromatic carbocycles. The van der Waals surface area contributed by atoms with Gasteiger partial charge in [-0.2, -0.15) is 0 Å². The number of aromatic nitrogens is 2. The summed E-state index contributed by atoms with van der Waals surface area (Å²) in [7, 11) is 0. The SMILES string of the molecule is CCc1nnc(NC(=O)CN2CCN(Cc3ccccc3)CC2)s1. The Bertz CT molecular complexity index is 652. The summed E-state index contributed by atoms with van der Waals surface area (Å²) in [6.45, 7) is 7.22. The van der Waals surface area contributed by atoms with Crippen LogP contribution >= 0.6 is 11.3 Å². The number of rotatable bonds is 6. The van der Waals surface area contributed by atoms with Crippen molar-refractivity contribution >= 4 is 22.4 Å². The molecule has 2 heterocycles. The van der Waals surface area contributed by atoms with Gasteiger partial charge in [-0.05, 0) is 12.0 Å². The zero-order valence-electron chi connectivity index (χ0n) is 13.9. The topological polar surface area (TPSA) is 61.4 Å². The lowest BCUT2D eigenvalue weighted by molar-refractivity contribution is -0.117. The molecule has 1 aliphatic rings. The summed E-state index contributed by atoms with van der Waals surface area (Å²) >= 11 is 1.44. The molecule has 0 spiro atoms. The Labute approximate surface area is 146 Å². The molecule has 1 aliphatic heterocycles. The number of amides is 1. The van der Waals surface area contributed by atoms with Crippen LogP contribution in [-0.2, 0) is 17.8 Å². The van der Waals surface area contributed by atoms with Crippen molar-refractivity contribution in [3.8, 4) is 0 Å². The molecule has 1 N–H and O–H groups in total. The van der Waals surface area contributed by atoms with E-state index in [2.05, 4.69) is 49.6 Å². The lowest BCUT2D eigenvalue weighted by Crippen LogP contribution is -2.48. The molecule has 0 radical (unpaired) electrons. The average Bonchev–Trinajstić information content (AvgIpc) is 3.05. The highest BCUT2D eigenvalue weighted by Gasteiger charge is 2.19. The van der Waals surface area contributed by atoms with Crippen molar-refractivity contribution < 1.29 is 4.79 Å². The van der Waals surface area contributed by atoms with Crippen LogP contribution in [0.2, 0.25) is 0 Å². The van der Waals surface area contributed by atoms with E-state index in [9.17, 15) is 4.79 Å². The van der Waals surface area contributed by atoms with Gasteiger partial charge in [-0.25, -0.2) is 0 Å². The predicted molar refractivity (Wildman–Crippen MR) is 96.1 cm³/mol. The third kappa shape index (κ3) is 4.83. The second-order valence-electron chi connectivity index (χ2n) is 5.94. The summed E-state index contributed by atoms with van der Waals surface area (Å²) in [6.07, 6.45) is 0.844. The van der Waals surface area contributed by atoms with Crippen molar-refractivity contribution in [2.75, 3.05) is 38.0 Å². The summed E-state index contributed by atoms with van der Waals surface area (Å²) in [5.74, 6) is -0.00897. The number of nitrogens with one attached hydrogen (secondary N) is 1. The molecule has 0 aliphatic carbocycles. The Kier molecular flexibility index (Phi) is 5.90. The normalized spacial score (nSPS) is 16.2. The summed E-state index contributed by atoms with van der Waals surface area (Å²) in [4.78, 5) is 16.7. The second-order valence-corrected chi connectivity index (χ2v) is 7.00. The van der Waals surface area contributed by atoms with Crippen LogP contribution in [0, 0.1) is 0 Å². The lowest BCUT2D eigenvalue weighted by atomic mass is 10.2. The maximum absolute atomic E-state index is 12.1. The Hall–Kier alpha value is -1.83. The highest BCUT2D eigenvalue weighted by molar-refractivity contribution is 7.15. The third-order valence-electron chi connectivity index (χ3n) is 4.10. The summed E-state index contributed by atoms with van der Waals surface area (Å²) < 4.78 is 0. The van der Waals surface area contributed by atoms with Gasteiger partial charge >= 0.3 is 0 Å². The number of hydrogen-bond acceptors (Lipinski definition) is 6. The van der Waals surface area contributed by atoms with E-state index in [1.165, 1.54) is 16.9 Å². The molecule has 128 valence electrons. The summed E-state index contributed by atoms with van der Waals surface area (Å²) in [6, 6.07) is 10.5. The highest BCUT2D eigenvalue weighted by atomic mass is 32.1. The zero-order valence-corrected chi connectivity index (χ0v) is 14.8. The average molecular weight is 345 g/mol. The number of carbonyl (C=O) groups excluding carboxylic acids is 1. The van der Waals surface area contributed by atoms with Crippen molar-refractivity contribution in [2.24, 2.45) is 0 Å². The number of nitrogens with zero attached hydrogens (tertiary/aromatic N) is 4. The maximum atomic E-state index is 12.1. The van der Waals surface area contributed by atoms with Crippen molar-refractivity contribution in [3.63, 3.8) is 0 Å². The monoisotopic (exact) mass is 345 g/mol. The van der Waals surface area contributed by atoms with Crippen molar-refractivity contribution in [1.82, 2.24) is 20.0 Å². The predicted octanol–water partition coefficient (Wildman–Crippen LogP) is 1.86. The van der Waals surface area contributed by atoms with Gasteiger partial charge in [0.05, 0.1) is 6.54 Å². The Morgan fingerprint density at radius 3 is 2.50 bits per heavy atom. The van der Waals surface area contributed by atoms with Crippen LogP contribution in [0.5, 0.6) is 0 Å². The number of carbonyl (C=O) groups is 1. The summed E-state index contributed by atoms with van der Waals surface area (Å²) in [5, 5.41) is 12.4. The number of piperazine rings is 1. The molecule has 1 fully saturated rings. The van der Waals surface area contributed by atoms with E-state index < -0.39 is 0 Å². The van der Waals surface area contributed by atoms with Crippen LogP contribution in [0.3, 0.4) is 0 Å². The molecule has 1 amide bonds. The molecular formula is C17H23N5OS. The minimum absolute atomic E-state index is 0.00897. The van der Waals surface area contributed by atoms with Gasteiger partial charge in [-0.1, -0.05) is 48.6 Å². The number of benzene rings is 1.